The lowest BCUT2D eigenvalue weighted by atomic mass is 9.98. The van der Waals surface area contributed by atoms with E-state index < -0.39 is 30.1 Å². The van der Waals surface area contributed by atoms with Crippen LogP contribution < -0.4 is 5.32 Å². The van der Waals surface area contributed by atoms with Gasteiger partial charge in [0.2, 0.25) is 0 Å². The molecule has 8 nitrogen and oxygen atoms in total. The van der Waals surface area contributed by atoms with Crippen molar-refractivity contribution in [2.45, 2.75) is 18.1 Å². The Bertz CT molecular complexity index is 1000. The number of alkyl carbamates (subject to hydrolysis) is 1. The van der Waals surface area contributed by atoms with Crippen molar-refractivity contribution in [3.63, 3.8) is 0 Å². The van der Waals surface area contributed by atoms with E-state index in [0.717, 1.165) is 22.3 Å². The molecule has 1 fully saturated rings. The number of rotatable bonds is 7. The summed E-state index contributed by atoms with van der Waals surface area (Å²) in [6.07, 6.45) is -1.65. The standard InChI is InChI=1S/C24H26N2O6S/c1-31-21(22(27)26-10-11-33-14-20(26)23(28)29)12-25-24(30)32-13-19-17-8-4-2-6-15(17)16-7-3-5-9-18(16)19/h2-9,19-21H,10-14H2,1H3,(H,25,30)(H,28,29). The topological polar surface area (TPSA) is 105 Å². The molecule has 0 saturated carbocycles. The number of carboxylic acids is 1. The third kappa shape index (κ3) is 4.84. The number of fused-ring (bicyclic) bond motifs is 3. The zero-order chi connectivity index (χ0) is 23.4. The van der Waals surface area contributed by atoms with Crippen LogP contribution in [-0.2, 0) is 19.1 Å². The van der Waals surface area contributed by atoms with Crippen LogP contribution in [0, 0.1) is 0 Å². The number of benzene rings is 2. The highest BCUT2D eigenvalue weighted by molar-refractivity contribution is 7.99. The minimum absolute atomic E-state index is 0.0646. The molecule has 2 unspecified atom stereocenters. The number of hydrogen-bond acceptors (Lipinski definition) is 6. The maximum absolute atomic E-state index is 12.8. The van der Waals surface area contributed by atoms with Crippen LogP contribution >= 0.6 is 11.8 Å². The fourth-order valence-corrected chi connectivity index (χ4v) is 5.39. The van der Waals surface area contributed by atoms with Crippen LogP contribution in [0.25, 0.3) is 11.1 Å². The van der Waals surface area contributed by atoms with Crippen molar-refractivity contribution < 1.29 is 29.0 Å². The first-order valence-electron chi connectivity index (χ1n) is 10.7. The molecule has 0 radical (unpaired) electrons. The summed E-state index contributed by atoms with van der Waals surface area (Å²) < 4.78 is 10.7. The van der Waals surface area contributed by atoms with Crippen molar-refractivity contribution in [2.24, 2.45) is 0 Å². The van der Waals surface area contributed by atoms with Crippen molar-refractivity contribution in [2.75, 3.05) is 38.3 Å². The zero-order valence-corrected chi connectivity index (χ0v) is 19.0. The fourth-order valence-electron chi connectivity index (χ4n) is 4.35. The normalized spacial score (nSPS) is 18.2. The predicted molar refractivity (Wildman–Crippen MR) is 124 cm³/mol. The molecular formula is C24H26N2O6S. The molecule has 2 N–H and O–H groups in total. The number of nitrogens with zero attached hydrogens (tertiary/aromatic N) is 1. The van der Waals surface area contributed by atoms with Crippen molar-refractivity contribution >= 4 is 29.7 Å². The Hall–Kier alpha value is -3.04. The minimum Gasteiger partial charge on any atom is -0.480 e. The number of carbonyl (C=O) groups excluding carboxylic acids is 2. The van der Waals surface area contributed by atoms with Crippen LogP contribution in [0.2, 0.25) is 0 Å². The van der Waals surface area contributed by atoms with E-state index >= 15 is 0 Å². The molecule has 0 spiro atoms. The summed E-state index contributed by atoms with van der Waals surface area (Å²) in [5, 5.41) is 12.0. The summed E-state index contributed by atoms with van der Waals surface area (Å²) >= 11 is 1.49. The molecule has 0 bridgehead atoms. The molecule has 2 aromatic carbocycles. The Labute approximate surface area is 196 Å². The predicted octanol–water partition coefficient (Wildman–Crippen LogP) is 2.57. The van der Waals surface area contributed by atoms with Crippen molar-refractivity contribution in [3.05, 3.63) is 59.7 Å². The highest BCUT2D eigenvalue weighted by Crippen LogP contribution is 2.44. The lowest BCUT2D eigenvalue weighted by Crippen LogP contribution is -2.55. The first-order valence-corrected chi connectivity index (χ1v) is 11.9. The number of amides is 2. The molecule has 1 aliphatic heterocycles. The maximum atomic E-state index is 12.8. The average Bonchev–Trinajstić information content (AvgIpc) is 3.16. The van der Waals surface area contributed by atoms with Gasteiger partial charge in [-0.2, -0.15) is 11.8 Å². The summed E-state index contributed by atoms with van der Waals surface area (Å²) in [4.78, 5) is 38.0. The first-order chi connectivity index (χ1) is 16.0. The SMILES string of the molecule is COC(CNC(=O)OCC1c2ccccc2-c2ccccc21)C(=O)N1CCSCC1C(=O)O. The number of hydrogen-bond donors (Lipinski definition) is 2. The molecule has 2 aromatic rings. The quantitative estimate of drug-likeness (QED) is 0.641. The minimum atomic E-state index is -1.05. The second-order valence-corrected chi connectivity index (χ2v) is 9.04. The molecule has 2 atom stereocenters. The summed E-state index contributed by atoms with van der Waals surface area (Å²) in [5.41, 5.74) is 4.50. The molecule has 174 valence electrons. The Morgan fingerprint density at radius 2 is 1.76 bits per heavy atom. The van der Waals surface area contributed by atoms with Crippen molar-refractivity contribution in [1.82, 2.24) is 10.2 Å². The molecule has 1 heterocycles. The van der Waals surface area contributed by atoms with Crippen LogP contribution in [0.15, 0.2) is 48.5 Å². The molecule has 9 heteroatoms. The number of nitrogens with one attached hydrogen (secondary N) is 1. The second kappa shape index (κ2) is 10.3. The van der Waals surface area contributed by atoms with Gasteiger partial charge in [0, 0.05) is 31.1 Å². The highest BCUT2D eigenvalue weighted by Gasteiger charge is 2.36. The lowest BCUT2D eigenvalue weighted by molar-refractivity contribution is -0.154. The monoisotopic (exact) mass is 470 g/mol. The van der Waals surface area contributed by atoms with Crippen molar-refractivity contribution in [1.29, 1.82) is 0 Å². The van der Waals surface area contributed by atoms with Gasteiger partial charge in [-0.1, -0.05) is 48.5 Å². The van der Waals surface area contributed by atoms with Gasteiger partial charge in [0.1, 0.15) is 12.6 Å². The molecule has 4 rings (SSSR count). The van der Waals surface area contributed by atoms with E-state index in [-0.39, 0.29) is 19.1 Å². The third-order valence-electron chi connectivity index (χ3n) is 6.03. The van der Waals surface area contributed by atoms with Gasteiger partial charge in [-0.25, -0.2) is 9.59 Å². The fraction of sp³-hybridized carbons (Fsp3) is 0.375. The Morgan fingerprint density at radius 1 is 1.12 bits per heavy atom. The number of carbonyl (C=O) groups is 3. The van der Waals surface area contributed by atoms with E-state index in [1.165, 1.54) is 23.8 Å². The van der Waals surface area contributed by atoms with Crippen LogP contribution in [0.4, 0.5) is 4.79 Å². The molecule has 1 aliphatic carbocycles. The molecule has 2 amide bonds. The molecule has 33 heavy (non-hydrogen) atoms. The van der Waals surface area contributed by atoms with Crippen molar-refractivity contribution in [3.8, 4) is 11.1 Å². The second-order valence-electron chi connectivity index (χ2n) is 7.89. The number of aliphatic carboxylic acids is 1. The summed E-state index contributed by atoms with van der Waals surface area (Å²) in [6, 6.07) is 15.2. The summed E-state index contributed by atoms with van der Waals surface area (Å²) in [5.74, 6) is -0.576. The van der Waals surface area contributed by atoms with Gasteiger partial charge in [0.05, 0.1) is 6.54 Å². The van der Waals surface area contributed by atoms with Crippen LogP contribution in [-0.4, -0.2) is 78.4 Å². The summed E-state index contributed by atoms with van der Waals surface area (Å²) in [6.45, 7) is 0.378. The average molecular weight is 471 g/mol. The largest absolute Gasteiger partial charge is 0.480 e. The van der Waals surface area contributed by atoms with E-state index in [2.05, 4.69) is 17.4 Å². The van der Waals surface area contributed by atoms with Gasteiger partial charge in [-0.15, -0.1) is 0 Å². The number of methoxy groups -OCH3 is 1. The summed E-state index contributed by atoms with van der Waals surface area (Å²) in [7, 11) is 1.36. The Kier molecular flexibility index (Phi) is 7.20. The van der Waals surface area contributed by atoms with Gasteiger partial charge < -0.3 is 24.8 Å². The number of thioether (sulfide) groups is 1. The van der Waals surface area contributed by atoms with Crippen LogP contribution in [0.5, 0.6) is 0 Å². The van der Waals surface area contributed by atoms with Gasteiger partial charge in [-0.05, 0) is 22.3 Å². The maximum Gasteiger partial charge on any atom is 0.407 e. The van der Waals surface area contributed by atoms with E-state index in [9.17, 15) is 19.5 Å². The Balaban J connectivity index is 1.35. The van der Waals surface area contributed by atoms with Crippen LogP contribution in [0.1, 0.15) is 17.0 Å². The molecule has 0 aromatic heterocycles. The molecule has 2 aliphatic rings. The Morgan fingerprint density at radius 3 is 2.36 bits per heavy atom. The number of ether oxygens (including phenoxy) is 2. The van der Waals surface area contributed by atoms with E-state index in [1.54, 1.807) is 0 Å². The van der Waals surface area contributed by atoms with Crippen LogP contribution in [0.3, 0.4) is 0 Å². The molecular weight excluding hydrogens is 444 g/mol. The van der Waals surface area contributed by atoms with Gasteiger partial charge in [0.25, 0.3) is 5.91 Å². The van der Waals surface area contributed by atoms with E-state index in [1.807, 2.05) is 36.4 Å². The van der Waals surface area contributed by atoms with E-state index in [0.29, 0.717) is 18.1 Å². The van der Waals surface area contributed by atoms with Gasteiger partial charge >= 0.3 is 12.1 Å². The van der Waals surface area contributed by atoms with E-state index in [4.69, 9.17) is 9.47 Å². The highest BCUT2D eigenvalue weighted by atomic mass is 32.2. The lowest BCUT2D eigenvalue weighted by Gasteiger charge is -2.34. The smallest absolute Gasteiger partial charge is 0.407 e. The third-order valence-corrected chi connectivity index (χ3v) is 7.05. The number of carboxylic acid groups (broad SMARTS) is 1. The first kappa shape index (κ1) is 23.1. The van der Waals surface area contributed by atoms with Gasteiger partial charge in [-0.3, -0.25) is 4.79 Å². The van der Waals surface area contributed by atoms with Gasteiger partial charge in [0.15, 0.2) is 6.10 Å². The molecule has 1 saturated heterocycles. The zero-order valence-electron chi connectivity index (χ0n) is 18.2.